The molecule has 2 aliphatic heterocycles. The van der Waals surface area contributed by atoms with Gasteiger partial charge in [0.25, 0.3) is 15.8 Å². The Morgan fingerprint density at radius 1 is 1.13 bits per heavy atom. The van der Waals surface area contributed by atoms with Crippen LogP contribution in [-0.4, -0.2) is 69.8 Å². The number of nitrogens with zero attached hydrogens (tertiary/aromatic N) is 5. The molecule has 0 bridgehead atoms. The van der Waals surface area contributed by atoms with Crippen LogP contribution >= 0.6 is 0 Å². The molecule has 1 atom stereocenters. The predicted octanol–water partition coefficient (Wildman–Crippen LogP) is 1.27. The summed E-state index contributed by atoms with van der Waals surface area (Å²) in [4.78, 5) is 20.5. The molecule has 4 heterocycles. The van der Waals surface area contributed by atoms with Gasteiger partial charge in [0.2, 0.25) is 0 Å². The molecule has 1 saturated heterocycles. The second kappa shape index (κ2) is 7.44. The van der Waals surface area contributed by atoms with E-state index in [1.54, 1.807) is 14.1 Å². The van der Waals surface area contributed by atoms with Crippen molar-refractivity contribution in [1.29, 1.82) is 0 Å². The highest BCUT2D eigenvalue weighted by Gasteiger charge is 2.38. The Bertz CT molecular complexity index is 1120. The van der Waals surface area contributed by atoms with Crippen LogP contribution in [0.2, 0.25) is 0 Å². The van der Waals surface area contributed by atoms with E-state index < -0.39 is 10.2 Å². The van der Waals surface area contributed by atoms with Gasteiger partial charge in [0, 0.05) is 52.3 Å². The van der Waals surface area contributed by atoms with Gasteiger partial charge in [-0.15, -0.1) is 0 Å². The van der Waals surface area contributed by atoms with Gasteiger partial charge in [-0.05, 0) is 25.7 Å². The van der Waals surface area contributed by atoms with Crippen LogP contribution in [0.4, 0.5) is 0 Å². The first-order valence-electron chi connectivity index (χ1n) is 10.9. The summed E-state index contributed by atoms with van der Waals surface area (Å²) in [6, 6.07) is 2.13. The van der Waals surface area contributed by atoms with Gasteiger partial charge in [-0.1, -0.05) is 12.8 Å². The van der Waals surface area contributed by atoms with Crippen LogP contribution in [0.1, 0.15) is 61.5 Å². The Labute approximate surface area is 176 Å². The monoisotopic (exact) mass is 434 g/mol. The number of fused-ring (bicyclic) bond motifs is 2. The quantitative estimate of drug-likeness (QED) is 0.782. The van der Waals surface area contributed by atoms with E-state index in [2.05, 4.69) is 10.00 Å². The van der Waals surface area contributed by atoms with Crippen LogP contribution in [0.3, 0.4) is 0 Å². The molecule has 0 unspecified atom stereocenters. The van der Waals surface area contributed by atoms with E-state index in [-0.39, 0.29) is 11.6 Å². The first-order chi connectivity index (χ1) is 14.4. The lowest BCUT2D eigenvalue weighted by Gasteiger charge is -2.32. The average molecular weight is 435 g/mol. The molecular weight excluding hydrogens is 404 g/mol. The van der Waals surface area contributed by atoms with Crippen molar-refractivity contribution < 1.29 is 8.42 Å². The number of aromatic amines is 1. The van der Waals surface area contributed by atoms with Crippen molar-refractivity contribution in [3.8, 4) is 0 Å². The Hall–Kier alpha value is -1.75. The Kier molecular flexibility index (Phi) is 5.00. The second-order valence-corrected chi connectivity index (χ2v) is 11.1. The minimum Gasteiger partial charge on any atom is -0.295 e. The third-order valence-corrected chi connectivity index (χ3v) is 8.92. The number of nitrogens with one attached hydrogen (secondary N) is 1. The summed E-state index contributed by atoms with van der Waals surface area (Å²) >= 11 is 0. The van der Waals surface area contributed by atoms with Crippen molar-refractivity contribution in [2.24, 2.45) is 0 Å². The molecule has 0 spiro atoms. The van der Waals surface area contributed by atoms with E-state index in [9.17, 15) is 13.2 Å². The Morgan fingerprint density at radius 3 is 2.63 bits per heavy atom. The summed E-state index contributed by atoms with van der Waals surface area (Å²) in [5.74, 6) is 0. The molecule has 3 aliphatic rings. The van der Waals surface area contributed by atoms with Crippen molar-refractivity contribution in [2.75, 3.05) is 27.2 Å². The average Bonchev–Trinajstić information content (AvgIpc) is 3.47. The van der Waals surface area contributed by atoms with Gasteiger partial charge in [-0.2, -0.15) is 17.0 Å². The summed E-state index contributed by atoms with van der Waals surface area (Å²) in [5, 5.41) is 3.18. The molecule has 5 rings (SSSR count). The fourth-order valence-corrected chi connectivity index (χ4v) is 6.63. The van der Waals surface area contributed by atoms with E-state index in [0.717, 1.165) is 42.8 Å². The lowest BCUT2D eigenvalue weighted by Crippen LogP contribution is -2.41. The molecule has 0 radical (unpaired) electrons. The molecule has 2 aromatic heterocycles. The van der Waals surface area contributed by atoms with E-state index >= 15 is 0 Å². The van der Waals surface area contributed by atoms with Crippen molar-refractivity contribution in [3.05, 3.63) is 33.4 Å². The van der Waals surface area contributed by atoms with Crippen LogP contribution in [-0.2, 0) is 23.2 Å². The van der Waals surface area contributed by atoms with Crippen molar-refractivity contribution in [1.82, 2.24) is 28.1 Å². The molecule has 0 aromatic carbocycles. The molecule has 1 N–H and O–H groups in total. The fourth-order valence-electron chi connectivity index (χ4n) is 5.31. The number of aromatic nitrogens is 3. The maximum Gasteiger partial charge on any atom is 0.282 e. The number of hydrogen-bond acceptors (Lipinski definition) is 5. The zero-order valence-corrected chi connectivity index (χ0v) is 18.5. The number of H-pyrrole nitrogens is 1. The zero-order valence-electron chi connectivity index (χ0n) is 17.7. The smallest absolute Gasteiger partial charge is 0.282 e. The lowest BCUT2D eigenvalue weighted by atomic mass is 10.0. The van der Waals surface area contributed by atoms with Crippen LogP contribution in [0.15, 0.2) is 10.9 Å². The van der Waals surface area contributed by atoms with Gasteiger partial charge in [0.15, 0.2) is 5.65 Å². The highest BCUT2D eigenvalue weighted by molar-refractivity contribution is 7.86. The minimum atomic E-state index is -3.52. The van der Waals surface area contributed by atoms with E-state index in [1.165, 1.54) is 38.8 Å². The number of rotatable bonds is 4. The van der Waals surface area contributed by atoms with Crippen LogP contribution < -0.4 is 5.56 Å². The minimum absolute atomic E-state index is 0.0519. The van der Waals surface area contributed by atoms with Gasteiger partial charge in [-0.25, -0.2) is 9.50 Å². The largest absolute Gasteiger partial charge is 0.295 e. The highest BCUT2D eigenvalue weighted by Crippen LogP contribution is 2.34. The summed E-state index contributed by atoms with van der Waals surface area (Å²) in [6.45, 7) is 2.10. The van der Waals surface area contributed by atoms with Gasteiger partial charge in [0.1, 0.15) is 0 Å². The second-order valence-electron chi connectivity index (χ2n) is 8.96. The lowest BCUT2D eigenvalue weighted by molar-refractivity contribution is 0.178. The summed E-state index contributed by atoms with van der Waals surface area (Å²) < 4.78 is 29.7. The SMILES string of the molecule is CN(C)S(=O)(=O)N1CCC[C@H]1c1cc2nc3c(c(=O)n2[nH]1)CN(C1CCCC1)CC3. The predicted molar refractivity (Wildman–Crippen MR) is 113 cm³/mol. The molecule has 2 aromatic rings. The van der Waals surface area contributed by atoms with Gasteiger partial charge in [-0.3, -0.25) is 14.8 Å². The third-order valence-electron chi connectivity index (χ3n) is 6.97. The van der Waals surface area contributed by atoms with Crippen LogP contribution in [0.25, 0.3) is 5.65 Å². The molecule has 164 valence electrons. The molecule has 9 nitrogen and oxygen atoms in total. The first-order valence-corrected chi connectivity index (χ1v) is 12.3. The van der Waals surface area contributed by atoms with Crippen molar-refractivity contribution in [2.45, 2.75) is 63.6 Å². The zero-order chi connectivity index (χ0) is 21.0. The standard InChI is InChI=1S/C20H30N6O3S/c1-23(2)30(28,29)25-10-5-8-18(25)17-12-19-21-16-9-11-24(14-6-3-4-7-14)13-15(16)20(27)26(19)22-17/h12,14,18,22H,3-11,13H2,1-2H3/t18-/m0/s1. The third kappa shape index (κ3) is 3.21. The summed E-state index contributed by atoms with van der Waals surface area (Å²) in [7, 11) is -0.426. The molecule has 1 aliphatic carbocycles. The molecule has 1 saturated carbocycles. The molecule has 0 amide bonds. The maximum atomic E-state index is 13.3. The van der Waals surface area contributed by atoms with Crippen molar-refractivity contribution >= 4 is 15.9 Å². The van der Waals surface area contributed by atoms with E-state index in [0.29, 0.717) is 24.8 Å². The van der Waals surface area contributed by atoms with E-state index in [4.69, 9.17) is 4.98 Å². The van der Waals surface area contributed by atoms with Gasteiger partial charge >= 0.3 is 0 Å². The fraction of sp³-hybridized carbons (Fsp3) is 0.700. The van der Waals surface area contributed by atoms with Crippen molar-refractivity contribution in [3.63, 3.8) is 0 Å². The van der Waals surface area contributed by atoms with Gasteiger partial charge in [0.05, 0.1) is 23.0 Å². The number of hydrogen-bond donors (Lipinski definition) is 1. The normalized spacial score (nSPS) is 24.3. The maximum absolute atomic E-state index is 13.3. The molecule has 30 heavy (non-hydrogen) atoms. The Morgan fingerprint density at radius 2 is 1.90 bits per heavy atom. The summed E-state index contributed by atoms with van der Waals surface area (Å²) in [6.07, 6.45) is 7.30. The molecule has 2 fully saturated rings. The Balaban J connectivity index is 1.50. The van der Waals surface area contributed by atoms with E-state index in [1.807, 2.05) is 6.07 Å². The first kappa shape index (κ1) is 20.2. The van der Waals surface area contributed by atoms with Gasteiger partial charge < -0.3 is 0 Å². The van der Waals surface area contributed by atoms with Crippen LogP contribution in [0, 0.1) is 0 Å². The summed E-state index contributed by atoms with van der Waals surface area (Å²) in [5.41, 5.74) is 2.94. The topological polar surface area (TPSA) is 94.0 Å². The molecule has 10 heteroatoms. The van der Waals surface area contributed by atoms with Crippen LogP contribution in [0.5, 0.6) is 0 Å². The molecular formula is C20H30N6O3S. The highest BCUT2D eigenvalue weighted by atomic mass is 32.2.